The van der Waals surface area contributed by atoms with Gasteiger partial charge in [-0.25, -0.2) is 16.8 Å². The fourth-order valence-electron chi connectivity index (χ4n) is 4.41. The molecule has 0 radical (unpaired) electrons. The van der Waals surface area contributed by atoms with Gasteiger partial charge in [-0.2, -0.15) is 0 Å². The van der Waals surface area contributed by atoms with Gasteiger partial charge in [0.2, 0.25) is 0 Å². The van der Waals surface area contributed by atoms with Gasteiger partial charge in [-0.05, 0) is 74.8 Å². The number of rotatable bonds is 5. The van der Waals surface area contributed by atoms with Crippen LogP contribution >= 0.6 is 0 Å². The molecule has 0 saturated carbocycles. The van der Waals surface area contributed by atoms with E-state index in [1.165, 1.54) is 10.0 Å². The highest BCUT2D eigenvalue weighted by Gasteiger charge is 2.33. The number of hydrogen-bond acceptors (Lipinski definition) is 4. The monoisotopic (exact) mass is 441 g/mol. The van der Waals surface area contributed by atoms with Gasteiger partial charge in [-0.15, -0.1) is 0 Å². The molecule has 0 fully saturated rings. The smallest absolute Gasteiger partial charge is 0.268 e. The maximum absolute atomic E-state index is 14.9. The summed E-state index contributed by atoms with van der Waals surface area (Å²) in [6.45, 7) is 0. The summed E-state index contributed by atoms with van der Waals surface area (Å²) in [6, 6.07) is 13.3. The van der Waals surface area contributed by atoms with Crippen LogP contribution in [0.15, 0.2) is 59.6 Å². The summed E-state index contributed by atoms with van der Waals surface area (Å²) >= 11 is 0. The van der Waals surface area contributed by atoms with Crippen molar-refractivity contribution in [1.82, 2.24) is 8.87 Å². The number of hydrogen-bond donors (Lipinski definition) is 0. The SMILES string of the molecule is CN(C)c1cccc(S(=O)(=O)n2cc3c(c2-c2ccccc2F)CCCC3N(C)C)c1. The third-order valence-corrected chi connectivity index (χ3v) is 7.67. The van der Waals surface area contributed by atoms with E-state index in [-0.39, 0.29) is 10.9 Å². The van der Waals surface area contributed by atoms with Crippen LogP contribution in [0.1, 0.15) is 30.0 Å². The Balaban J connectivity index is 2.00. The van der Waals surface area contributed by atoms with Crippen LogP contribution < -0.4 is 4.90 Å². The Morgan fingerprint density at radius 1 is 1.03 bits per heavy atom. The average molecular weight is 442 g/mol. The van der Waals surface area contributed by atoms with E-state index in [0.717, 1.165) is 36.1 Å². The predicted octanol–water partition coefficient (Wildman–Crippen LogP) is 4.54. The van der Waals surface area contributed by atoms with Crippen LogP contribution in [0.2, 0.25) is 0 Å². The summed E-state index contributed by atoms with van der Waals surface area (Å²) in [7, 11) is 3.80. The minimum Gasteiger partial charge on any atom is -0.378 e. The number of fused-ring (bicyclic) bond motifs is 1. The second kappa shape index (κ2) is 8.13. The van der Waals surface area contributed by atoms with E-state index in [1.54, 1.807) is 42.6 Å². The van der Waals surface area contributed by atoms with Gasteiger partial charge in [0, 0.05) is 37.6 Å². The van der Waals surface area contributed by atoms with Crippen LogP contribution in [0, 0.1) is 5.82 Å². The van der Waals surface area contributed by atoms with Gasteiger partial charge in [0.15, 0.2) is 0 Å². The third-order valence-electron chi connectivity index (χ3n) is 6.02. The molecule has 5 nitrogen and oxygen atoms in total. The Morgan fingerprint density at radius 3 is 2.45 bits per heavy atom. The van der Waals surface area contributed by atoms with Crippen molar-refractivity contribution in [3.63, 3.8) is 0 Å². The van der Waals surface area contributed by atoms with Crippen molar-refractivity contribution in [2.24, 2.45) is 0 Å². The van der Waals surface area contributed by atoms with Crippen molar-refractivity contribution in [2.75, 3.05) is 33.1 Å². The van der Waals surface area contributed by atoms with Gasteiger partial charge in [0.05, 0.1) is 10.6 Å². The van der Waals surface area contributed by atoms with Gasteiger partial charge in [0.1, 0.15) is 5.82 Å². The Kier molecular flexibility index (Phi) is 5.66. The molecule has 1 aromatic heterocycles. The van der Waals surface area contributed by atoms with E-state index < -0.39 is 15.8 Å². The summed E-state index contributed by atoms with van der Waals surface area (Å²) in [5, 5.41) is 0. The van der Waals surface area contributed by atoms with Gasteiger partial charge >= 0.3 is 0 Å². The van der Waals surface area contributed by atoms with Gasteiger partial charge in [-0.3, -0.25) is 0 Å². The van der Waals surface area contributed by atoms with Crippen molar-refractivity contribution in [1.29, 1.82) is 0 Å². The number of halogens is 1. The molecule has 0 amide bonds. The van der Waals surface area contributed by atoms with Crippen molar-refractivity contribution < 1.29 is 12.8 Å². The van der Waals surface area contributed by atoms with Crippen molar-refractivity contribution in [3.05, 3.63) is 71.7 Å². The molecule has 7 heteroatoms. The predicted molar refractivity (Wildman–Crippen MR) is 123 cm³/mol. The van der Waals surface area contributed by atoms with Crippen LogP contribution in [0.25, 0.3) is 11.3 Å². The summed E-state index contributed by atoms with van der Waals surface area (Å²) in [6.07, 6.45) is 4.30. The number of aromatic nitrogens is 1. The van der Waals surface area contributed by atoms with Crippen LogP contribution in [-0.2, 0) is 16.4 Å². The van der Waals surface area contributed by atoms with Crippen molar-refractivity contribution in [2.45, 2.75) is 30.2 Å². The molecule has 31 heavy (non-hydrogen) atoms. The Labute approximate surface area is 183 Å². The van der Waals surface area contributed by atoms with E-state index in [0.29, 0.717) is 11.3 Å². The third kappa shape index (κ3) is 3.77. The minimum atomic E-state index is -3.93. The molecule has 1 unspecified atom stereocenters. The van der Waals surface area contributed by atoms with Crippen LogP contribution in [0.4, 0.5) is 10.1 Å². The summed E-state index contributed by atoms with van der Waals surface area (Å²) in [4.78, 5) is 4.15. The molecule has 1 aliphatic rings. The van der Waals surface area contributed by atoms with Crippen molar-refractivity contribution in [3.8, 4) is 11.3 Å². The average Bonchev–Trinajstić information content (AvgIpc) is 3.14. The molecule has 0 saturated heterocycles. The number of anilines is 1. The highest BCUT2D eigenvalue weighted by molar-refractivity contribution is 7.90. The second-order valence-corrected chi connectivity index (χ2v) is 10.3. The fourth-order valence-corrected chi connectivity index (χ4v) is 5.86. The fraction of sp³-hybridized carbons (Fsp3) is 0.333. The first kappa shape index (κ1) is 21.6. The molecule has 164 valence electrons. The maximum Gasteiger partial charge on any atom is 0.268 e. The first-order valence-electron chi connectivity index (χ1n) is 10.4. The molecule has 0 spiro atoms. The zero-order valence-electron chi connectivity index (χ0n) is 18.3. The Bertz CT molecular complexity index is 1220. The summed E-state index contributed by atoms with van der Waals surface area (Å²) < 4.78 is 43.8. The quantitative estimate of drug-likeness (QED) is 0.583. The van der Waals surface area contributed by atoms with Gasteiger partial charge in [0.25, 0.3) is 10.0 Å². The lowest BCUT2D eigenvalue weighted by atomic mass is 9.87. The van der Waals surface area contributed by atoms with E-state index in [2.05, 4.69) is 4.90 Å². The largest absolute Gasteiger partial charge is 0.378 e. The standard InChI is InChI=1S/C24H28FN3O2S/c1-26(2)17-9-7-10-18(15-17)31(29,30)28-16-21-19(12-8-14-23(21)27(3)4)24(28)20-11-5-6-13-22(20)25/h5-7,9-11,13,15-16,23H,8,12,14H2,1-4H3. The Hall–Kier alpha value is -2.64. The zero-order valence-corrected chi connectivity index (χ0v) is 19.2. The van der Waals surface area contributed by atoms with E-state index in [4.69, 9.17) is 0 Å². The molecule has 2 aromatic carbocycles. The topological polar surface area (TPSA) is 45.6 Å². The normalized spacial score (nSPS) is 16.4. The van der Waals surface area contributed by atoms with Crippen LogP contribution in [-0.4, -0.2) is 45.5 Å². The molecule has 1 aliphatic carbocycles. The molecule has 0 N–H and O–H groups in total. The molecule has 1 atom stereocenters. The van der Waals surface area contributed by atoms with Gasteiger partial charge < -0.3 is 9.80 Å². The number of nitrogens with zero attached hydrogens (tertiary/aromatic N) is 3. The minimum absolute atomic E-state index is 0.0961. The summed E-state index contributed by atoms with van der Waals surface area (Å²) in [5.74, 6) is -0.422. The highest BCUT2D eigenvalue weighted by Crippen LogP contribution is 2.42. The molecule has 3 aromatic rings. The molecular formula is C24H28FN3O2S. The molecule has 0 aliphatic heterocycles. The summed E-state index contributed by atoms with van der Waals surface area (Å²) in [5.41, 5.74) is 3.42. The molecule has 4 rings (SSSR count). The van der Waals surface area contributed by atoms with Crippen LogP contribution in [0.5, 0.6) is 0 Å². The lowest BCUT2D eigenvalue weighted by molar-refractivity contribution is 0.269. The van der Waals surface area contributed by atoms with E-state index in [9.17, 15) is 12.8 Å². The van der Waals surface area contributed by atoms with E-state index in [1.807, 2.05) is 39.2 Å². The second-order valence-electron chi connectivity index (χ2n) is 8.46. The molecule has 0 bridgehead atoms. The number of benzene rings is 2. The molecular weight excluding hydrogens is 413 g/mol. The van der Waals surface area contributed by atoms with E-state index >= 15 is 0 Å². The first-order chi connectivity index (χ1) is 14.7. The first-order valence-corrected chi connectivity index (χ1v) is 11.8. The lowest BCUT2D eigenvalue weighted by Gasteiger charge is -2.28. The van der Waals surface area contributed by atoms with Crippen molar-refractivity contribution >= 4 is 15.7 Å². The highest BCUT2D eigenvalue weighted by atomic mass is 32.2. The molecule has 1 heterocycles. The maximum atomic E-state index is 14.9. The van der Waals surface area contributed by atoms with Gasteiger partial charge in [-0.1, -0.05) is 18.2 Å². The zero-order chi connectivity index (χ0) is 22.3. The Morgan fingerprint density at radius 2 is 1.77 bits per heavy atom. The van der Waals surface area contributed by atoms with Crippen LogP contribution in [0.3, 0.4) is 0 Å². The lowest BCUT2D eigenvalue weighted by Crippen LogP contribution is -2.23.